The molecule has 0 saturated heterocycles. The standard InChI is InChI=1S/C11H14OS/c1-3-10-4-6-11(7-5-10)8-13-9(2)12/h3-7,9,12H,1,8H2,2H3. The van der Waals surface area contributed by atoms with Gasteiger partial charge in [-0.3, -0.25) is 0 Å². The van der Waals surface area contributed by atoms with Gasteiger partial charge in [-0.05, 0) is 18.1 Å². The normalized spacial score (nSPS) is 12.5. The van der Waals surface area contributed by atoms with Crippen molar-refractivity contribution >= 4 is 17.8 Å². The molecule has 1 rings (SSSR count). The molecule has 0 aliphatic carbocycles. The van der Waals surface area contributed by atoms with Gasteiger partial charge in [0, 0.05) is 5.75 Å². The second kappa shape index (κ2) is 5.10. The van der Waals surface area contributed by atoms with Crippen molar-refractivity contribution < 1.29 is 5.11 Å². The molecule has 0 heterocycles. The molecule has 1 aromatic carbocycles. The molecule has 0 amide bonds. The number of thioether (sulfide) groups is 1. The molecule has 1 aromatic rings. The zero-order valence-corrected chi connectivity index (χ0v) is 8.55. The molecule has 1 atom stereocenters. The van der Waals surface area contributed by atoms with Gasteiger partial charge in [0.2, 0.25) is 0 Å². The lowest BCUT2D eigenvalue weighted by Gasteiger charge is -2.04. The highest BCUT2D eigenvalue weighted by Crippen LogP contribution is 2.16. The summed E-state index contributed by atoms with van der Waals surface area (Å²) >= 11 is 1.53. The van der Waals surface area contributed by atoms with Crippen molar-refractivity contribution in [2.24, 2.45) is 0 Å². The van der Waals surface area contributed by atoms with Crippen LogP contribution in [-0.4, -0.2) is 10.5 Å². The quantitative estimate of drug-likeness (QED) is 0.744. The molecule has 0 saturated carbocycles. The van der Waals surface area contributed by atoms with Gasteiger partial charge in [-0.2, -0.15) is 0 Å². The predicted octanol–water partition coefficient (Wildman–Crippen LogP) is 2.90. The molecule has 0 aliphatic rings. The maximum Gasteiger partial charge on any atom is 0.0967 e. The Morgan fingerprint density at radius 1 is 1.46 bits per heavy atom. The molecule has 13 heavy (non-hydrogen) atoms. The Kier molecular flexibility index (Phi) is 4.06. The molecular formula is C11H14OS. The van der Waals surface area contributed by atoms with E-state index in [2.05, 4.69) is 18.7 Å². The molecule has 0 fully saturated rings. The van der Waals surface area contributed by atoms with Gasteiger partial charge in [0.1, 0.15) is 0 Å². The Hall–Kier alpha value is -0.730. The molecule has 0 aliphatic heterocycles. The lowest BCUT2D eigenvalue weighted by molar-refractivity contribution is 0.284. The first-order chi connectivity index (χ1) is 6.22. The highest BCUT2D eigenvalue weighted by atomic mass is 32.2. The number of hydrogen-bond acceptors (Lipinski definition) is 2. The number of rotatable bonds is 4. The molecule has 1 nitrogen and oxygen atoms in total. The molecule has 0 bridgehead atoms. The van der Waals surface area contributed by atoms with E-state index in [9.17, 15) is 0 Å². The van der Waals surface area contributed by atoms with Crippen LogP contribution in [0.15, 0.2) is 30.8 Å². The van der Waals surface area contributed by atoms with Gasteiger partial charge in [-0.25, -0.2) is 0 Å². The van der Waals surface area contributed by atoms with Crippen LogP contribution in [0.4, 0.5) is 0 Å². The van der Waals surface area contributed by atoms with Crippen LogP contribution in [0.2, 0.25) is 0 Å². The summed E-state index contributed by atoms with van der Waals surface area (Å²) in [5.74, 6) is 0.856. The Bertz CT molecular complexity index is 264. The second-order valence-electron chi connectivity index (χ2n) is 2.86. The number of aliphatic hydroxyl groups excluding tert-OH is 1. The molecule has 70 valence electrons. The van der Waals surface area contributed by atoms with Crippen LogP contribution in [0.25, 0.3) is 6.08 Å². The van der Waals surface area contributed by atoms with Gasteiger partial charge >= 0.3 is 0 Å². The Morgan fingerprint density at radius 3 is 2.54 bits per heavy atom. The van der Waals surface area contributed by atoms with Gasteiger partial charge in [0.05, 0.1) is 5.44 Å². The Morgan fingerprint density at radius 2 is 2.08 bits per heavy atom. The van der Waals surface area contributed by atoms with Crippen molar-refractivity contribution in [3.8, 4) is 0 Å². The van der Waals surface area contributed by atoms with E-state index in [1.54, 1.807) is 6.92 Å². The number of hydrogen-bond donors (Lipinski definition) is 1. The number of aliphatic hydroxyl groups is 1. The van der Waals surface area contributed by atoms with E-state index in [-0.39, 0.29) is 5.44 Å². The van der Waals surface area contributed by atoms with E-state index in [1.165, 1.54) is 17.3 Å². The topological polar surface area (TPSA) is 20.2 Å². The summed E-state index contributed by atoms with van der Waals surface area (Å²) in [6.07, 6.45) is 1.82. The van der Waals surface area contributed by atoms with E-state index < -0.39 is 0 Å². The van der Waals surface area contributed by atoms with Crippen molar-refractivity contribution in [2.45, 2.75) is 18.1 Å². The summed E-state index contributed by atoms with van der Waals surface area (Å²) in [6, 6.07) is 8.19. The molecule has 0 radical (unpaired) electrons. The lowest BCUT2D eigenvalue weighted by atomic mass is 10.1. The van der Waals surface area contributed by atoms with Crippen molar-refractivity contribution in [3.63, 3.8) is 0 Å². The summed E-state index contributed by atoms with van der Waals surface area (Å²) in [4.78, 5) is 0. The molecule has 1 N–H and O–H groups in total. The summed E-state index contributed by atoms with van der Waals surface area (Å²) in [6.45, 7) is 5.47. The van der Waals surface area contributed by atoms with Crippen molar-refractivity contribution in [1.82, 2.24) is 0 Å². The van der Waals surface area contributed by atoms with E-state index in [0.29, 0.717) is 0 Å². The maximum atomic E-state index is 9.06. The summed E-state index contributed by atoms with van der Waals surface area (Å²) in [5.41, 5.74) is 2.07. The summed E-state index contributed by atoms with van der Waals surface area (Å²) in [7, 11) is 0. The Balaban J connectivity index is 2.54. The van der Waals surface area contributed by atoms with Gasteiger partial charge in [-0.15, -0.1) is 11.8 Å². The monoisotopic (exact) mass is 194 g/mol. The minimum Gasteiger partial charge on any atom is -0.383 e. The third-order valence-corrected chi connectivity index (χ3v) is 2.69. The maximum absolute atomic E-state index is 9.06. The molecule has 0 spiro atoms. The minimum absolute atomic E-state index is 0.293. The molecule has 1 unspecified atom stereocenters. The number of benzene rings is 1. The first-order valence-electron chi connectivity index (χ1n) is 4.23. The fourth-order valence-electron chi connectivity index (χ4n) is 0.967. The first kappa shape index (κ1) is 10.4. The van der Waals surface area contributed by atoms with Crippen LogP contribution in [0, 0.1) is 0 Å². The van der Waals surface area contributed by atoms with Crippen LogP contribution < -0.4 is 0 Å². The Labute approximate surface area is 83.5 Å². The van der Waals surface area contributed by atoms with Crippen molar-refractivity contribution in [3.05, 3.63) is 42.0 Å². The zero-order valence-electron chi connectivity index (χ0n) is 7.73. The van der Waals surface area contributed by atoms with Gasteiger partial charge in [0.15, 0.2) is 0 Å². The first-order valence-corrected chi connectivity index (χ1v) is 5.28. The molecular weight excluding hydrogens is 180 g/mol. The smallest absolute Gasteiger partial charge is 0.0967 e. The highest BCUT2D eigenvalue weighted by Gasteiger charge is 1.97. The highest BCUT2D eigenvalue weighted by molar-refractivity contribution is 7.98. The van der Waals surface area contributed by atoms with E-state index in [4.69, 9.17) is 5.11 Å². The van der Waals surface area contributed by atoms with Crippen LogP contribution in [0.5, 0.6) is 0 Å². The van der Waals surface area contributed by atoms with Gasteiger partial charge in [-0.1, -0.05) is 36.9 Å². The largest absolute Gasteiger partial charge is 0.383 e. The molecule has 0 aromatic heterocycles. The average molecular weight is 194 g/mol. The lowest BCUT2D eigenvalue weighted by Crippen LogP contribution is -1.92. The van der Waals surface area contributed by atoms with Crippen LogP contribution >= 0.6 is 11.8 Å². The summed E-state index contributed by atoms with van der Waals surface area (Å²) in [5, 5.41) is 9.06. The van der Waals surface area contributed by atoms with Crippen LogP contribution in [0.1, 0.15) is 18.1 Å². The van der Waals surface area contributed by atoms with Crippen molar-refractivity contribution in [1.29, 1.82) is 0 Å². The summed E-state index contributed by atoms with van der Waals surface area (Å²) < 4.78 is 0. The SMILES string of the molecule is C=Cc1ccc(CSC(C)O)cc1. The fraction of sp³-hybridized carbons (Fsp3) is 0.273. The van der Waals surface area contributed by atoms with Crippen molar-refractivity contribution in [2.75, 3.05) is 0 Å². The van der Waals surface area contributed by atoms with Crippen LogP contribution in [0.3, 0.4) is 0 Å². The predicted molar refractivity (Wildman–Crippen MR) is 59.5 cm³/mol. The molecule has 2 heteroatoms. The third kappa shape index (κ3) is 3.66. The van der Waals surface area contributed by atoms with E-state index >= 15 is 0 Å². The fourth-order valence-corrected chi connectivity index (χ4v) is 1.59. The van der Waals surface area contributed by atoms with E-state index in [0.717, 1.165) is 11.3 Å². The average Bonchev–Trinajstić information content (AvgIpc) is 2.15. The minimum atomic E-state index is -0.293. The zero-order chi connectivity index (χ0) is 9.68. The second-order valence-corrected chi connectivity index (χ2v) is 4.16. The third-order valence-electron chi connectivity index (χ3n) is 1.71. The van der Waals surface area contributed by atoms with Gasteiger partial charge in [0.25, 0.3) is 0 Å². The van der Waals surface area contributed by atoms with Gasteiger partial charge < -0.3 is 5.11 Å². The van der Waals surface area contributed by atoms with Crippen LogP contribution in [-0.2, 0) is 5.75 Å². The van der Waals surface area contributed by atoms with E-state index in [1.807, 2.05) is 18.2 Å².